The average molecular weight is 543 g/mol. The zero-order chi connectivity index (χ0) is 19.9. The lowest BCUT2D eigenvalue weighted by molar-refractivity contribution is 0.224. The second kappa shape index (κ2) is 12.2. The van der Waals surface area contributed by atoms with Gasteiger partial charge in [0.25, 0.3) is 0 Å². The number of nitrogens with zero attached hydrogens (tertiary/aromatic N) is 2. The van der Waals surface area contributed by atoms with E-state index in [9.17, 15) is 8.42 Å². The summed E-state index contributed by atoms with van der Waals surface area (Å²) in [5.74, 6) is 1.07. The van der Waals surface area contributed by atoms with E-state index in [0.717, 1.165) is 23.7 Å². The molecule has 6 nitrogen and oxygen atoms in total. The molecule has 0 radical (unpaired) electrons. The molecule has 2 rings (SSSR count). The van der Waals surface area contributed by atoms with Gasteiger partial charge in [0.15, 0.2) is 15.8 Å². The monoisotopic (exact) mass is 542 g/mol. The summed E-state index contributed by atoms with van der Waals surface area (Å²) >= 11 is 6.45. The van der Waals surface area contributed by atoms with Gasteiger partial charge in [-0.05, 0) is 38.1 Å². The molecule has 1 fully saturated rings. The van der Waals surface area contributed by atoms with Crippen LogP contribution in [-0.2, 0) is 9.84 Å². The lowest BCUT2D eigenvalue weighted by atomic mass is 10.1. The number of hydrogen-bond donors (Lipinski definition) is 2. The van der Waals surface area contributed by atoms with Gasteiger partial charge in [0.05, 0.1) is 24.1 Å². The predicted molar refractivity (Wildman–Crippen MR) is 129 cm³/mol. The molecule has 2 N–H and O–H groups in total. The van der Waals surface area contributed by atoms with Gasteiger partial charge in [-0.25, -0.2) is 8.42 Å². The fourth-order valence-electron chi connectivity index (χ4n) is 3.42. The molecule has 1 aromatic carbocycles. The van der Waals surface area contributed by atoms with Gasteiger partial charge in [-0.2, -0.15) is 0 Å². The molecular formula is C19H32ClIN4O2S. The molecule has 1 aromatic rings. The number of sulfone groups is 1. The van der Waals surface area contributed by atoms with Gasteiger partial charge in [-0.1, -0.05) is 43.6 Å². The van der Waals surface area contributed by atoms with Crippen molar-refractivity contribution >= 4 is 51.4 Å². The van der Waals surface area contributed by atoms with E-state index in [1.165, 1.54) is 0 Å². The Balaban J connectivity index is 0.00000392. The molecule has 2 unspecified atom stereocenters. The Hall–Kier alpha value is -0.580. The number of aliphatic imine (C=N–C) groups is 1. The van der Waals surface area contributed by atoms with Crippen molar-refractivity contribution in [2.45, 2.75) is 39.3 Å². The van der Waals surface area contributed by atoms with Crippen LogP contribution in [0.4, 0.5) is 0 Å². The highest BCUT2D eigenvalue weighted by atomic mass is 127. The minimum absolute atomic E-state index is 0. The van der Waals surface area contributed by atoms with Crippen LogP contribution in [0.5, 0.6) is 0 Å². The number of hydrogen-bond acceptors (Lipinski definition) is 4. The van der Waals surface area contributed by atoms with E-state index in [-0.39, 0.29) is 47.6 Å². The lowest BCUT2D eigenvalue weighted by Crippen LogP contribution is -2.44. The van der Waals surface area contributed by atoms with E-state index in [0.29, 0.717) is 25.5 Å². The van der Waals surface area contributed by atoms with E-state index in [1.54, 1.807) is 0 Å². The van der Waals surface area contributed by atoms with Gasteiger partial charge in [-0.15, -0.1) is 24.0 Å². The van der Waals surface area contributed by atoms with Gasteiger partial charge in [-0.3, -0.25) is 9.89 Å². The third-order valence-electron chi connectivity index (χ3n) is 4.86. The zero-order valence-electron chi connectivity index (χ0n) is 16.8. The minimum atomic E-state index is -2.93. The summed E-state index contributed by atoms with van der Waals surface area (Å²) in [6.45, 7) is 9.30. The smallest absolute Gasteiger partial charge is 0.191 e. The van der Waals surface area contributed by atoms with E-state index in [4.69, 9.17) is 16.6 Å². The van der Waals surface area contributed by atoms with Crippen LogP contribution >= 0.6 is 35.6 Å². The summed E-state index contributed by atoms with van der Waals surface area (Å²) in [7, 11) is -2.93. The Morgan fingerprint density at radius 1 is 1.29 bits per heavy atom. The number of likely N-dealkylation sites (N-methyl/N-ethyl adjacent to an activating group) is 1. The normalized spacial score (nSPS) is 19.9. The van der Waals surface area contributed by atoms with Crippen molar-refractivity contribution in [1.29, 1.82) is 0 Å². The third kappa shape index (κ3) is 7.35. The molecule has 28 heavy (non-hydrogen) atoms. The molecule has 0 aliphatic carbocycles. The molecule has 0 bridgehead atoms. The second-order valence-corrected chi connectivity index (χ2v) is 9.36. The Bertz CT molecular complexity index is 741. The summed E-state index contributed by atoms with van der Waals surface area (Å²) in [5.41, 5.74) is 1.06. The van der Waals surface area contributed by atoms with Crippen molar-refractivity contribution in [2.24, 2.45) is 4.99 Å². The molecular weight excluding hydrogens is 511 g/mol. The van der Waals surface area contributed by atoms with Crippen LogP contribution in [0.3, 0.4) is 0 Å². The van der Waals surface area contributed by atoms with Crippen LogP contribution < -0.4 is 10.6 Å². The van der Waals surface area contributed by atoms with Crippen LogP contribution in [0.15, 0.2) is 29.3 Å². The molecule has 160 valence electrons. The number of guanidine groups is 1. The highest BCUT2D eigenvalue weighted by Gasteiger charge is 2.28. The maximum Gasteiger partial charge on any atom is 0.191 e. The summed E-state index contributed by atoms with van der Waals surface area (Å²) in [6, 6.07) is 7.86. The van der Waals surface area contributed by atoms with E-state index < -0.39 is 9.84 Å². The Morgan fingerprint density at radius 2 is 1.96 bits per heavy atom. The van der Waals surface area contributed by atoms with E-state index in [1.807, 2.05) is 31.2 Å². The molecule has 0 spiro atoms. The van der Waals surface area contributed by atoms with Crippen LogP contribution in [0.2, 0.25) is 5.02 Å². The maximum atomic E-state index is 11.7. The zero-order valence-corrected chi connectivity index (χ0v) is 20.7. The van der Waals surface area contributed by atoms with Crippen molar-refractivity contribution in [3.8, 4) is 0 Å². The van der Waals surface area contributed by atoms with Crippen molar-refractivity contribution < 1.29 is 8.42 Å². The number of nitrogens with one attached hydrogen (secondary N) is 2. The lowest BCUT2D eigenvalue weighted by Gasteiger charge is -2.30. The topological polar surface area (TPSA) is 73.8 Å². The van der Waals surface area contributed by atoms with Crippen LogP contribution in [-0.4, -0.2) is 63.0 Å². The summed E-state index contributed by atoms with van der Waals surface area (Å²) in [6.07, 6.45) is 0.622. The van der Waals surface area contributed by atoms with Gasteiger partial charge in [0, 0.05) is 17.6 Å². The first kappa shape index (κ1) is 25.5. The second-order valence-electron chi connectivity index (χ2n) is 6.72. The van der Waals surface area contributed by atoms with Crippen LogP contribution in [0, 0.1) is 0 Å². The van der Waals surface area contributed by atoms with Gasteiger partial charge >= 0.3 is 0 Å². The van der Waals surface area contributed by atoms with Crippen molar-refractivity contribution in [3.05, 3.63) is 34.9 Å². The molecule has 0 aromatic heterocycles. The largest absolute Gasteiger partial charge is 0.357 e. The summed E-state index contributed by atoms with van der Waals surface area (Å²) in [5, 5.41) is 7.24. The number of rotatable bonds is 8. The molecule has 1 saturated heterocycles. The first-order chi connectivity index (χ1) is 12.9. The van der Waals surface area contributed by atoms with Gasteiger partial charge < -0.3 is 10.6 Å². The fraction of sp³-hybridized carbons (Fsp3) is 0.632. The quantitative estimate of drug-likeness (QED) is 0.300. The van der Waals surface area contributed by atoms with Crippen molar-refractivity contribution in [3.63, 3.8) is 0 Å². The molecule has 0 amide bonds. The van der Waals surface area contributed by atoms with Crippen molar-refractivity contribution in [1.82, 2.24) is 15.5 Å². The van der Waals surface area contributed by atoms with E-state index in [2.05, 4.69) is 29.4 Å². The Labute approximate surface area is 191 Å². The summed E-state index contributed by atoms with van der Waals surface area (Å²) < 4.78 is 23.4. The average Bonchev–Trinajstić information content (AvgIpc) is 2.98. The summed E-state index contributed by atoms with van der Waals surface area (Å²) in [4.78, 5) is 7.09. The molecule has 1 aliphatic rings. The SMILES string of the molecule is CCNC(=NCC(c1ccccc1Cl)N(CC)CC)NC1CCS(=O)(=O)C1.I. The predicted octanol–water partition coefficient (Wildman–Crippen LogP) is 3.08. The van der Waals surface area contributed by atoms with Gasteiger partial charge in [0.2, 0.25) is 0 Å². The number of benzene rings is 1. The molecule has 9 heteroatoms. The molecule has 2 atom stereocenters. The standard InChI is InChI=1S/C19H31ClN4O2S.HI/c1-4-21-19(23-15-11-12-27(25,26)14-15)22-13-18(24(5-2)6-3)16-9-7-8-10-17(16)20;/h7-10,15,18H,4-6,11-14H2,1-3H3,(H2,21,22,23);1H. The minimum Gasteiger partial charge on any atom is -0.357 e. The van der Waals surface area contributed by atoms with Crippen LogP contribution in [0.25, 0.3) is 0 Å². The fourth-order valence-corrected chi connectivity index (χ4v) is 5.36. The maximum absolute atomic E-state index is 11.7. The highest BCUT2D eigenvalue weighted by Crippen LogP contribution is 2.27. The van der Waals surface area contributed by atoms with Gasteiger partial charge in [0.1, 0.15) is 0 Å². The Morgan fingerprint density at radius 3 is 2.50 bits per heavy atom. The molecule has 1 heterocycles. The highest BCUT2D eigenvalue weighted by molar-refractivity contribution is 14.0. The van der Waals surface area contributed by atoms with Crippen LogP contribution in [0.1, 0.15) is 38.8 Å². The first-order valence-corrected chi connectivity index (χ1v) is 11.8. The molecule has 1 aliphatic heterocycles. The van der Waals surface area contributed by atoms with Crippen molar-refractivity contribution in [2.75, 3.05) is 37.7 Å². The molecule has 0 saturated carbocycles. The van der Waals surface area contributed by atoms with E-state index >= 15 is 0 Å². The Kier molecular flexibility index (Phi) is 11.1. The first-order valence-electron chi connectivity index (χ1n) is 9.63. The number of halogens is 2. The third-order valence-corrected chi connectivity index (χ3v) is 6.97.